The van der Waals surface area contributed by atoms with Gasteiger partial charge in [0.15, 0.2) is 0 Å². The smallest absolute Gasteiger partial charge is 0.371 e. The van der Waals surface area contributed by atoms with Gasteiger partial charge >= 0.3 is 23.9 Å². The second-order valence-corrected chi connectivity index (χ2v) is 7.28. The molecule has 0 amide bonds. The van der Waals surface area contributed by atoms with Gasteiger partial charge in [0.05, 0.1) is 0 Å². The zero-order chi connectivity index (χ0) is 28.3. The van der Waals surface area contributed by atoms with Gasteiger partial charge in [-0.3, -0.25) is 0 Å². The minimum atomic E-state index is -1.55. The largest absolute Gasteiger partial charge is 0.421 e. The molecule has 0 unspecified atom stereocenters. The summed E-state index contributed by atoms with van der Waals surface area (Å²) in [5, 5.41) is 0.0724. The third-order valence-corrected chi connectivity index (χ3v) is 4.65. The summed E-state index contributed by atoms with van der Waals surface area (Å²) in [5.74, 6) is -13.4. The molecule has 0 aliphatic carbocycles. The third-order valence-electron chi connectivity index (χ3n) is 4.65. The average Bonchev–Trinajstić information content (AvgIpc) is 2.84. The summed E-state index contributed by atoms with van der Waals surface area (Å²) < 4.78 is 72.8. The number of ether oxygens (including phenoxy) is 4. The summed E-state index contributed by atoms with van der Waals surface area (Å²) in [5.41, 5.74) is 0. The summed E-state index contributed by atoms with van der Waals surface area (Å²) in [6.07, 6.45) is 0. The molecule has 12 heteroatoms. The topological polar surface area (TPSA) is 105 Å². The molecule has 8 nitrogen and oxygen atoms in total. The van der Waals surface area contributed by atoms with E-state index in [-0.39, 0.29) is 33.0 Å². The molecule has 0 heterocycles. The number of halogens is 4. The van der Waals surface area contributed by atoms with Crippen LogP contribution in [0.25, 0.3) is 21.5 Å². The first-order valence-electron chi connectivity index (χ1n) is 10.1. The number of benzene rings is 3. The van der Waals surface area contributed by atoms with Gasteiger partial charge in [0.25, 0.3) is 0 Å². The molecule has 0 saturated heterocycles. The van der Waals surface area contributed by atoms with Crippen molar-refractivity contribution in [3.63, 3.8) is 0 Å². The molecule has 0 radical (unpaired) electrons. The van der Waals surface area contributed by atoms with Crippen LogP contribution in [0, 0.1) is 0 Å². The van der Waals surface area contributed by atoms with Crippen LogP contribution in [-0.4, -0.2) is 23.9 Å². The van der Waals surface area contributed by atoms with Gasteiger partial charge in [-0.05, 0) is 41.1 Å². The van der Waals surface area contributed by atoms with E-state index in [1.165, 1.54) is 18.2 Å². The Morgan fingerprint density at radius 3 is 1.37 bits per heavy atom. The van der Waals surface area contributed by atoms with Gasteiger partial charge in [0.1, 0.15) is 23.0 Å². The van der Waals surface area contributed by atoms with Crippen molar-refractivity contribution in [1.82, 2.24) is 0 Å². The molecule has 0 spiro atoms. The van der Waals surface area contributed by atoms with Crippen LogP contribution in [0.4, 0.5) is 17.6 Å². The molecular weight excluding hydrogens is 516 g/mol. The molecule has 3 aromatic carbocycles. The van der Waals surface area contributed by atoms with Crippen molar-refractivity contribution in [3.8, 4) is 23.0 Å². The van der Waals surface area contributed by atoms with Crippen molar-refractivity contribution in [1.29, 1.82) is 0 Å². The first-order chi connectivity index (χ1) is 17.8. The number of carbonyl (C=O) groups is 4. The second kappa shape index (κ2) is 10.8. The SMILES string of the molecule is C=C(F)C(=O)Oc1ccc2c(c1)c(OC(=O)C(=C)F)cc1c(OC(=O)C(=C)F)cc(OC(=O)C(=C)F)cc12. The van der Waals surface area contributed by atoms with E-state index in [9.17, 15) is 36.7 Å². The van der Waals surface area contributed by atoms with Crippen LogP contribution >= 0.6 is 0 Å². The number of hydrogen-bond donors (Lipinski definition) is 0. The Morgan fingerprint density at radius 1 is 0.474 bits per heavy atom. The first kappa shape index (κ1) is 27.3. The monoisotopic (exact) mass is 530 g/mol. The highest BCUT2D eigenvalue weighted by Gasteiger charge is 2.21. The van der Waals surface area contributed by atoms with Crippen LogP contribution in [0.1, 0.15) is 0 Å². The molecule has 3 aromatic rings. The van der Waals surface area contributed by atoms with Gasteiger partial charge in [-0.2, -0.15) is 17.6 Å². The van der Waals surface area contributed by atoms with Crippen LogP contribution in [0.3, 0.4) is 0 Å². The van der Waals surface area contributed by atoms with E-state index in [2.05, 4.69) is 26.3 Å². The standard InChI is InChI=1S/C26H14F4O8/c1-11(27)23(31)35-15-5-6-17-18-8-16(36-24(32)12(2)28)9-21(37-25(33)13(3)29)20(18)10-22(19(17)7-15)38-26(34)14(4)30/h5-10H,1-4H2. The lowest BCUT2D eigenvalue weighted by Gasteiger charge is -2.15. The Morgan fingerprint density at radius 2 is 0.868 bits per heavy atom. The lowest BCUT2D eigenvalue weighted by Crippen LogP contribution is -2.11. The molecule has 0 bridgehead atoms. The lowest BCUT2D eigenvalue weighted by molar-refractivity contribution is -0.132. The molecule has 38 heavy (non-hydrogen) atoms. The highest BCUT2D eigenvalue weighted by molar-refractivity contribution is 6.14. The number of esters is 4. The second-order valence-electron chi connectivity index (χ2n) is 7.28. The van der Waals surface area contributed by atoms with E-state index in [1.807, 2.05) is 0 Å². The molecule has 0 aromatic heterocycles. The maximum absolute atomic E-state index is 13.4. The van der Waals surface area contributed by atoms with Gasteiger partial charge in [-0.1, -0.05) is 26.3 Å². The highest BCUT2D eigenvalue weighted by Crippen LogP contribution is 2.42. The van der Waals surface area contributed by atoms with Crippen LogP contribution in [0.15, 0.2) is 86.0 Å². The molecule has 3 rings (SSSR count). The van der Waals surface area contributed by atoms with Crippen molar-refractivity contribution in [3.05, 3.63) is 86.0 Å². The van der Waals surface area contributed by atoms with E-state index in [0.717, 1.165) is 18.2 Å². The predicted octanol–water partition coefficient (Wildman–Crippen LogP) is 5.55. The first-order valence-corrected chi connectivity index (χ1v) is 10.1. The predicted molar refractivity (Wildman–Crippen MR) is 125 cm³/mol. The zero-order valence-corrected chi connectivity index (χ0v) is 19.1. The Labute approximate surface area is 210 Å². The van der Waals surface area contributed by atoms with Crippen LogP contribution in [-0.2, 0) is 19.2 Å². The number of hydrogen-bond acceptors (Lipinski definition) is 8. The van der Waals surface area contributed by atoms with Gasteiger partial charge < -0.3 is 18.9 Å². The van der Waals surface area contributed by atoms with Gasteiger partial charge in [-0.25, -0.2) is 19.2 Å². The Hall–Kier alpha value is -5.26. The maximum Gasteiger partial charge on any atom is 0.371 e. The van der Waals surface area contributed by atoms with Crippen LogP contribution < -0.4 is 18.9 Å². The number of fused-ring (bicyclic) bond motifs is 3. The summed E-state index contributed by atoms with van der Waals surface area (Å²) in [7, 11) is 0. The highest BCUT2D eigenvalue weighted by atomic mass is 19.1. The summed E-state index contributed by atoms with van der Waals surface area (Å²) in [6.45, 7) is 11.3. The van der Waals surface area contributed by atoms with E-state index >= 15 is 0 Å². The van der Waals surface area contributed by atoms with Crippen molar-refractivity contribution >= 4 is 45.4 Å². The average molecular weight is 530 g/mol. The number of rotatable bonds is 8. The fourth-order valence-corrected chi connectivity index (χ4v) is 3.07. The van der Waals surface area contributed by atoms with Gasteiger partial charge in [0, 0.05) is 16.8 Å². The normalized spacial score (nSPS) is 10.4. The quantitative estimate of drug-likeness (QED) is 0.123. The minimum absolute atomic E-state index is 0.0487. The van der Waals surface area contributed by atoms with Gasteiger partial charge in [0.2, 0.25) is 23.3 Å². The summed E-state index contributed by atoms with van der Waals surface area (Å²) in [6, 6.07) is 6.70. The van der Waals surface area contributed by atoms with E-state index in [4.69, 9.17) is 18.9 Å². The Kier molecular flexibility index (Phi) is 7.76. The van der Waals surface area contributed by atoms with Crippen molar-refractivity contribution < 1.29 is 55.7 Å². The summed E-state index contributed by atoms with van der Waals surface area (Å²) >= 11 is 0. The molecule has 0 aliphatic heterocycles. The van der Waals surface area contributed by atoms with Crippen LogP contribution in [0.5, 0.6) is 23.0 Å². The minimum Gasteiger partial charge on any atom is -0.421 e. The fourth-order valence-electron chi connectivity index (χ4n) is 3.07. The van der Waals surface area contributed by atoms with E-state index in [1.54, 1.807) is 0 Å². The Balaban J connectivity index is 2.36. The van der Waals surface area contributed by atoms with Crippen molar-refractivity contribution in [2.45, 2.75) is 0 Å². The molecule has 0 fully saturated rings. The maximum atomic E-state index is 13.4. The molecular formula is C26H14F4O8. The van der Waals surface area contributed by atoms with Crippen molar-refractivity contribution in [2.75, 3.05) is 0 Å². The fraction of sp³-hybridized carbons (Fsp3) is 0. The molecule has 0 N–H and O–H groups in total. The van der Waals surface area contributed by atoms with E-state index in [0.29, 0.717) is 0 Å². The van der Waals surface area contributed by atoms with E-state index < -0.39 is 58.7 Å². The third kappa shape index (κ3) is 5.93. The van der Waals surface area contributed by atoms with Gasteiger partial charge in [-0.15, -0.1) is 0 Å². The zero-order valence-electron chi connectivity index (χ0n) is 19.1. The molecule has 0 aliphatic rings. The molecule has 0 atom stereocenters. The molecule has 194 valence electrons. The Bertz CT molecular complexity index is 1610. The lowest BCUT2D eigenvalue weighted by atomic mass is 9.99. The molecule has 0 saturated carbocycles. The summed E-state index contributed by atoms with van der Waals surface area (Å²) in [4.78, 5) is 47.2. The van der Waals surface area contributed by atoms with Crippen LogP contribution in [0.2, 0.25) is 0 Å². The number of carbonyl (C=O) groups excluding carboxylic acids is 4. The van der Waals surface area contributed by atoms with Crippen molar-refractivity contribution in [2.24, 2.45) is 0 Å².